The monoisotopic (exact) mass is 312 g/mol. The Morgan fingerprint density at radius 3 is 2.81 bits per heavy atom. The van der Waals surface area contributed by atoms with Crippen LogP contribution in [0.1, 0.15) is 18.9 Å². The largest absolute Gasteiger partial charge is 0.381 e. The van der Waals surface area contributed by atoms with E-state index in [0.29, 0.717) is 6.54 Å². The van der Waals surface area contributed by atoms with Gasteiger partial charge >= 0.3 is 0 Å². The number of rotatable bonds is 5. The maximum absolute atomic E-state index is 13.7. The van der Waals surface area contributed by atoms with Crippen LogP contribution < -0.4 is 10.5 Å². The lowest BCUT2D eigenvalue weighted by atomic mass is 10.2. The van der Waals surface area contributed by atoms with E-state index >= 15 is 0 Å². The van der Waals surface area contributed by atoms with Crippen LogP contribution in [0.4, 0.5) is 15.9 Å². The molecule has 1 aromatic carbocycles. The molecule has 2 aromatic rings. The van der Waals surface area contributed by atoms with Crippen LogP contribution in [0.5, 0.6) is 0 Å². The van der Waals surface area contributed by atoms with E-state index in [-0.39, 0.29) is 16.4 Å². The lowest BCUT2D eigenvalue weighted by molar-refractivity contribution is 0.593. The van der Waals surface area contributed by atoms with E-state index in [4.69, 9.17) is 5.73 Å². The standard InChI is InChI=1S/C13H17FN4O2S/c1-3-6-18-8-12(13(15)16-18)21(19,20)17-11-7-9(2)4-5-10(11)14/h4-5,7-8,17H,3,6H2,1-2H3,(H2,15,16). The smallest absolute Gasteiger partial charge is 0.267 e. The number of aromatic nitrogens is 2. The van der Waals surface area contributed by atoms with Crippen molar-refractivity contribution in [2.45, 2.75) is 31.7 Å². The summed E-state index contributed by atoms with van der Waals surface area (Å²) in [5.41, 5.74) is 6.26. The van der Waals surface area contributed by atoms with E-state index < -0.39 is 15.8 Å². The summed E-state index contributed by atoms with van der Waals surface area (Å²) in [6.07, 6.45) is 2.13. The molecule has 0 radical (unpaired) electrons. The molecule has 0 aliphatic heterocycles. The second-order valence-corrected chi connectivity index (χ2v) is 6.38. The SMILES string of the molecule is CCCn1cc(S(=O)(=O)Nc2cc(C)ccc2F)c(N)n1. The second kappa shape index (κ2) is 5.72. The zero-order valence-corrected chi connectivity index (χ0v) is 12.6. The average molecular weight is 312 g/mol. The Labute approximate surface area is 122 Å². The van der Waals surface area contributed by atoms with Crippen LogP contribution in [-0.4, -0.2) is 18.2 Å². The number of nitrogens with zero attached hydrogens (tertiary/aromatic N) is 2. The molecule has 0 saturated heterocycles. The first kappa shape index (κ1) is 15.3. The van der Waals surface area contributed by atoms with E-state index in [1.54, 1.807) is 13.0 Å². The third kappa shape index (κ3) is 3.33. The van der Waals surface area contributed by atoms with Gasteiger partial charge in [0.15, 0.2) is 5.82 Å². The van der Waals surface area contributed by atoms with Crippen molar-refractivity contribution in [3.8, 4) is 0 Å². The maximum atomic E-state index is 13.7. The van der Waals surface area contributed by atoms with Crippen molar-refractivity contribution < 1.29 is 12.8 Å². The van der Waals surface area contributed by atoms with Crippen molar-refractivity contribution in [3.05, 3.63) is 35.8 Å². The third-order valence-electron chi connectivity index (χ3n) is 2.86. The molecule has 0 saturated carbocycles. The van der Waals surface area contributed by atoms with Gasteiger partial charge in [-0.2, -0.15) is 5.10 Å². The fourth-order valence-corrected chi connectivity index (χ4v) is 3.02. The minimum absolute atomic E-state index is 0.107. The lowest BCUT2D eigenvalue weighted by Gasteiger charge is -2.08. The summed E-state index contributed by atoms with van der Waals surface area (Å²) < 4.78 is 41.9. The molecule has 0 aliphatic carbocycles. The quantitative estimate of drug-likeness (QED) is 0.885. The molecule has 1 aromatic heterocycles. The first-order valence-corrected chi connectivity index (χ1v) is 7.93. The van der Waals surface area contributed by atoms with E-state index in [9.17, 15) is 12.8 Å². The minimum Gasteiger partial charge on any atom is -0.381 e. The molecule has 21 heavy (non-hydrogen) atoms. The average Bonchev–Trinajstić information content (AvgIpc) is 2.76. The zero-order chi connectivity index (χ0) is 15.6. The van der Waals surface area contributed by atoms with Crippen LogP contribution in [0.15, 0.2) is 29.3 Å². The fourth-order valence-electron chi connectivity index (χ4n) is 1.89. The molecule has 0 atom stereocenters. The highest BCUT2D eigenvalue weighted by atomic mass is 32.2. The maximum Gasteiger partial charge on any atom is 0.267 e. The number of nitrogen functional groups attached to an aromatic ring is 1. The van der Waals surface area contributed by atoms with Crippen LogP contribution in [0.2, 0.25) is 0 Å². The molecule has 3 N–H and O–H groups in total. The normalized spacial score (nSPS) is 11.6. The topological polar surface area (TPSA) is 90.0 Å². The number of hydrogen-bond donors (Lipinski definition) is 2. The summed E-state index contributed by atoms with van der Waals surface area (Å²) in [4.78, 5) is -0.156. The summed E-state index contributed by atoms with van der Waals surface area (Å²) in [5.74, 6) is -0.757. The number of halogens is 1. The molecular weight excluding hydrogens is 295 g/mol. The Morgan fingerprint density at radius 2 is 2.14 bits per heavy atom. The zero-order valence-electron chi connectivity index (χ0n) is 11.8. The van der Waals surface area contributed by atoms with Crippen LogP contribution in [0, 0.1) is 12.7 Å². The number of nitrogens with two attached hydrogens (primary N) is 1. The molecule has 0 aliphatic rings. The Hall–Kier alpha value is -2.09. The molecule has 0 bridgehead atoms. The van der Waals surface area contributed by atoms with Gasteiger partial charge in [0.1, 0.15) is 10.7 Å². The van der Waals surface area contributed by atoms with E-state index in [1.165, 1.54) is 23.0 Å². The van der Waals surface area contributed by atoms with Gasteiger partial charge in [0.2, 0.25) is 0 Å². The van der Waals surface area contributed by atoms with Gasteiger partial charge in [-0.1, -0.05) is 13.0 Å². The predicted octanol–water partition coefficient (Wildman–Crippen LogP) is 2.12. The van der Waals surface area contributed by atoms with E-state index in [1.807, 2.05) is 6.92 Å². The van der Waals surface area contributed by atoms with Gasteiger partial charge in [-0.3, -0.25) is 9.40 Å². The fraction of sp³-hybridized carbons (Fsp3) is 0.308. The van der Waals surface area contributed by atoms with Gasteiger partial charge in [0.25, 0.3) is 10.0 Å². The Morgan fingerprint density at radius 1 is 1.43 bits per heavy atom. The highest BCUT2D eigenvalue weighted by Crippen LogP contribution is 2.23. The predicted molar refractivity (Wildman–Crippen MR) is 78.9 cm³/mol. The van der Waals surface area contributed by atoms with Crippen LogP contribution in [0.25, 0.3) is 0 Å². The molecule has 1 heterocycles. The number of sulfonamides is 1. The van der Waals surface area contributed by atoms with Crippen LogP contribution in [0.3, 0.4) is 0 Å². The Bertz CT molecular complexity index is 756. The number of anilines is 2. The summed E-state index contributed by atoms with van der Waals surface area (Å²) in [6.45, 7) is 4.23. The molecule has 0 spiro atoms. The molecule has 6 nitrogen and oxygen atoms in total. The van der Waals surface area contributed by atoms with Gasteiger partial charge in [-0.25, -0.2) is 12.8 Å². The van der Waals surface area contributed by atoms with Crippen LogP contribution >= 0.6 is 0 Å². The first-order chi connectivity index (χ1) is 9.83. The molecule has 0 fully saturated rings. The summed E-state index contributed by atoms with van der Waals surface area (Å²) >= 11 is 0. The van der Waals surface area contributed by atoms with Crippen molar-refractivity contribution in [2.75, 3.05) is 10.5 Å². The van der Waals surface area contributed by atoms with E-state index in [2.05, 4.69) is 9.82 Å². The molecule has 0 amide bonds. The van der Waals surface area contributed by atoms with Crippen molar-refractivity contribution in [2.24, 2.45) is 0 Å². The summed E-state index contributed by atoms with van der Waals surface area (Å²) in [5, 5.41) is 3.93. The van der Waals surface area contributed by atoms with Gasteiger partial charge in [0.05, 0.1) is 5.69 Å². The number of nitrogens with one attached hydrogen (secondary N) is 1. The molecule has 114 valence electrons. The third-order valence-corrected chi connectivity index (χ3v) is 4.25. The van der Waals surface area contributed by atoms with Gasteiger partial charge in [-0.05, 0) is 31.0 Å². The summed E-state index contributed by atoms with van der Waals surface area (Å²) in [7, 11) is -3.98. The Balaban J connectivity index is 2.36. The lowest BCUT2D eigenvalue weighted by Crippen LogP contribution is -2.15. The van der Waals surface area contributed by atoms with Gasteiger partial charge < -0.3 is 5.73 Å². The van der Waals surface area contributed by atoms with Gasteiger partial charge in [0, 0.05) is 12.7 Å². The molecule has 0 unspecified atom stereocenters. The van der Waals surface area contributed by atoms with Gasteiger partial charge in [-0.15, -0.1) is 0 Å². The first-order valence-electron chi connectivity index (χ1n) is 6.45. The minimum atomic E-state index is -3.98. The Kier molecular flexibility index (Phi) is 4.17. The number of aryl methyl sites for hydroxylation is 2. The van der Waals surface area contributed by atoms with Crippen molar-refractivity contribution in [3.63, 3.8) is 0 Å². The molecule has 2 rings (SSSR count). The van der Waals surface area contributed by atoms with E-state index in [0.717, 1.165) is 12.0 Å². The van der Waals surface area contributed by atoms with Crippen molar-refractivity contribution in [1.82, 2.24) is 9.78 Å². The summed E-state index contributed by atoms with van der Waals surface area (Å²) in [6, 6.07) is 4.18. The van der Waals surface area contributed by atoms with Crippen LogP contribution in [-0.2, 0) is 16.6 Å². The number of benzene rings is 1. The highest BCUT2D eigenvalue weighted by Gasteiger charge is 2.22. The van der Waals surface area contributed by atoms with Crippen molar-refractivity contribution in [1.29, 1.82) is 0 Å². The van der Waals surface area contributed by atoms with Crippen molar-refractivity contribution >= 4 is 21.5 Å². The molecular formula is C13H17FN4O2S. The molecule has 8 heteroatoms. The second-order valence-electron chi connectivity index (χ2n) is 4.73. The highest BCUT2D eigenvalue weighted by molar-refractivity contribution is 7.92. The number of hydrogen-bond acceptors (Lipinski definition) is 4.